The number of hydrogen-bond acceptors (Lipinski definition) is 4. The molecule has 2 aliphatic rings. The number of likely N-dealkylation sites (tertiary alicyclic amines) is 1. The van der Waals surface area contributed by atoms with Gasteiger partial charge in [-0.1, -0.05) is 6.92 Å². The summed E-state index contributed by atoms with van der Waals surface area (Å²) in [5, 5.41) is 3.57. The summed E-state index contributed by atoms with van der Waals surface area (Å²) in [7, 11) is 0. The number of piperidine rings is 1. The van der Waals surface area contributed by atoms with Gasteiger partial charge in [-0.05, 0) is 44.6 Å². The third-order valence-corrected chi connectivity index (χ3v) is 4.80. The van der Waals surface area contributed by atoms with E-state index in [1.54, 1.807) is 0 Å². The number of ether oxygens (including phenoxy) is 2. The summed E-state index contributed by atoms with van der Waals surface area (Å²) in [6.07, 6.45) is 5.29. The molecule has 0 aromatic rings. The highest BCUT2D eigenvalue weighted by Crippen LogP contribution is 2.32. The Morgan fingerprint density at radius 2 is 1.90 bits per heavy atom. The van der Waals surface area contributed by atoms with E-state index in [4.69, 9.17) is 9.47 Å². The van der Waals surface area contributed by atoms with Gasteiger partial charge in [0.1, 0.15) is 0 Å². The largest absolute Gasteiger partial charge is 0.381 e. The molecule has 2 rings (SSSR count). The van der Waals surface area contributed by atoms with E-state index < -0.39 is 0 Å². The quantitative estimate of drug-likeness (QED) is 0.774. The first-order chi connectivity index (χ1) is 9.78. The molecule has 118 valence electrons. The van der Waals surface area contributed by atoms with E-state index in [9.17, 15) is 0 Å². The fraction of sp³-hybridized carbons (Fsp3) is 1.00. The van der Waals surface area contributed by atoms with Crippen LogP contribution in [0.25, 0.3) is 0 Å². The van der Waals surface area contributed by atoms with Crippen LogP contribution in [-0.4, -0.2) is 63.5 Å². The minimum atomic E-state index is 0.423. The lowest BCUT2D eigenvalue weighted by atomic mass is 9.79. The van der Waals surface area contributed by atoms with E-state index in [1.165, 1.54) is 45.3 Å². The molecule has 2 aliphatic heterocycles. The van der Waals surface area contributed by atoms with Crippen molar-refractivity contribution in [2.75, 3.05) is 52.5 Å². The molecule has 2 fully saturated rings. The second kappa shape index (κ2) is 8.32. The number of rotatable bonds is 7. The lowest BCUT2D eigenvalue weighted by Crippen LogP contribution is -2.49. The molecule has 4 nitrogen and oxygen atoms in total. The van der Waals surface area contributed by atoms with E-state index in [0.29, 0.717) is 11.5 Å². The summed E-state index contributed by atoms with van der Waals surface area (Å²) in [4.78, 5) is 2.65. The van der Waals surface area contributed by atoms with Gasteiger partial charge >= 0.3 is 0 Å². The first kappa shape index (κ1) is 16.2. The van der Waals surface area contributed by atoms with Crippen molar-refractivity contribution in [1.82, 2.24) is 10.2 Å². The molecule has 0 unspecified atom stereocenters. The number of nitrogens with one attached hydrogen (secondary N) is 1. The lowest BCUT2D eigenvalue weighted by molar-refractivity contribution is -0.0267. The zero-order chi connectivity index (χ0) is 14.3. The molecule has 0 amide bonds. The van der Waals surface area contributed by atoms with Gasteiger partial charge in [0.05, 0.1) is 6.10 Å². The van der Waals surface area contributed by atoms with Crippen molar-refractivity contribution >= 4 is 0 Å². The first-order valence-electron chi connectivity index (χ1n) is 8.40. The van der Waals surface area contributed by atoms with Crippen molar-refractivity contribution in [2.24, 2.45) is 5.41 Å². The molecule has 0 bridgehead atoms. The summed E-state index contributed by atoms with van der Waals surface area (Å²) in [5.74, 6) is 0. The van der Waals surface area contributed by atoms with Crippen molar-refractivity contribution in [3.63, 3.8) is 0 Å². The van der Waals surface area contributed by atoms with Gasteiger partial charge in [0.2, 0.25) is 0 Å². The second-order valence-corrected chi connectivity index (χ2v) is 6.32. The van der Waals surface area contributed by atoms with Gasteiger partial charge in [-0.3, -0.25) is 0 Å². The molecule has 0 saturated carbocycles. The molecule has 0 aromatic carbocycles. The van der Waals surface area contributed by atoms with Crippen molar-refractivity contribution in [3.8, 4) is 0 Å². The predicted octanol–water partition coefficient (Wildman–Crippen LogP) is 1.89. The van der Waals surface area contributed by atoms with Crippen LogP contribution in [0, 0.1) is 5.41 Å². The molecular weight excluding hydrogens is 252 g/mol. The minimum absolute atomic E-state index is 0.423. The van der Waals surface area contributed by atoms with Crippen LogP contribution in [0.2, 0.25) is 0 Å². The Bertz CT molecular complexity index is 259. The van der Waals surface area contributed by atoms with Crippen LogP contribution >= 0.6 is 0 Å². The standard InChI is InChI=1S/C16H32N2O2/c1-3-17-13-16(7-11-19-12-8-16)14-18-9-5-15(6-10-18)20-4-2/h15,17H,3-14H2,1-2H3. The molecule has 2 saturated heterocycles. The molecule has 2 heterocycles. The van der Waals surface area contributed by atoms with Gasteiger partial charge in [-0.2, -0.15) is 0 Å². The van der Waals surface area contributed by atoms with Crippen LogP contribution in [0.15, 0.2) is 0 Å². The lowest BCUT2D eigenvalue weighted by Gasteiger charge is -2.43. The maximum absolute atomic E-state index is 5.75. The first-order valence-corrected chi connectivity index (χ1v) is 8.40. The fourth-order valence-electron chi connectivity index (χ4n) is 3.53. The zero-order valence-electron chi connectivity index (χ0n) is 13.3. The molecule has 20 heavy (non-hydrogen) atoms. The SMILES string of the molecule is CCNCC1(CN2CCC(OCC)CC2)CCOCC1. The van der Waals surface area contributed by atoms with E-state index >= 15 is 0 Å². The van der Waals surface area contributed by atoms with Gasteiger partial charge in [-0.15, -0.1) is 0 Å². The average molecular weight is 284 g/mol. The van der Waals surface area contributed by atoms with E-state index in [1.807, 2.05) is 0 Å². The number of hydrogen-bond donors (Lipinski definition) is 1. The Morgan fingerprint density at radius 3 is 2.50 bits per heavy atom. The average Bonchev–Trinajstić information content (AvgIpc) is 2.49. The molecule has 0 radical (unpaired) electrons. The van der Waals surface area contributed by atoms with Crippen LogP contribution in [-0.2, 0) is 9.47 Å². The molecule has 0 aliphatic carbocycles. The third-order valence-electron chi connectivity index (χ3n) is 4.80. The second-order valence-electron chi connectivity index (χ2n) is 6.32. The van der Waals surface area contributed by atoms with Crippen molar-refractivity contribution in [2.45, 2.75) is 45.6 Å². The third kappa shape index (κ3) is 4.69. The van der Waals surface area contributed by atoms with Crippen LogP contribution in [0.1, 0.15) is 39.5 Å². The molecular formula is C16H32N2O2. The summed E-state index contributed by atoms with van der Waals surface area (Å²) in [6.45, 7) is 12.8. The summed E-state index contributed by atoms with van der Waals surface area (Å²) >= 11 is 0. The monoisotopic (exact) mass is 284 g/mol. The van der Waals surface area contributed by atoms with Gasteiger partial charge in [0.15, 0.2) is 0 Å². The van der Waals surface area contributed by atoms with Crippen LogP contribution in [0.3, 0.4) is 0 Å². The highest BCUT2D eigenvalue weighted by Gasteiger charge is 2.35. The summed E-state index contributed by atoms with van der Waals surface area (Å²) in [5.41, 5.74) is 0.423. The number of nitrogens with zero attached hydrogens (tertiary/aromatic N) is 1. The molecule has 4 heteroatoms. The van der Waals surface area contributed by atoms with Crippen LogP contribution < -0.4 is 5.32 Å². The Kier molecular flexibility index (Phi) is 6.75. The molecule has 0 atom stereocenters. The van der Waals surface area contributed by atoms with Crippen LogP contribution in [0.5, 0.6) is 0 Å². The zero-order valence-corrected chi connectivity index (χ0v) is 13.3. The molecule has 1 N–H and O–H groups in total. The smallest absolute Gasteiger partial charge is 0.0599 e. The Balaban J connectivity index is 1.82. The van der Waals surface area contributed by atoms with E-state index in [0.717, 1.165) is 32.9 Å². The van der Waals surface area contributed by atoms with Crippen molar-refractivity contribution in [3.05, 3.63) is 0 Å². The fourth-order valence-corrected chi connectivity index (χ4v) is 3.53. The van der Waals surface area contributed by atoms with E-state index in [-0.39, 0.29) is 0 Å². The highest BCUT2D eigenvalue weighted by molar-refractivity contribution is 4.88. The normalized spacial score (nSPS) is 24.9. The maximum atomic E-state index is 5.75. The topological polar surface area (TPSA) is 33.7 Å². The van der Waals surface area contributed by atoms with Gasteiger partial charge in [-0.25, -0.2) is 0 Å². The van der Waals surface area contributed by atoms with Gasteiger partial charge in [0, 0.05) is 46.0 Å². The van der Waals surface area contributed by atoms with Crippen molar-refractivity contribution in [1.29, 1.82) is 0 Å². The Hall–Kier alpha value is -0.160. The maximum Gasteiger partial charge on any atom is 0.0599 e. The van der Waals surface area contributed by atoms with E-state index in [2.05, 4.69) is 24.1 Å². The highest BCUT2D eigenvalue weighted by atomic mass is 16.5. The van der Waals surface area contributed by atoms with Crippen molar-refractivity contribution < 1.29 is 9.47 Å². The Labute approximate surface area is 124 Å². The van der Waals surface area contributed by atoms with Gasteiger partial charge in [0.25, 0.3) is 0 Å². The van der Waals surface area contributed by atoms with Crippen LogP contribution in [0.4, 0.5) is 0 Å². The molecule has 0 aromatic heterocycles. The Morgan fingerprint density at radius 1 is 1.20 bits per heavy atom. The minimum Gasteiger partial charge on any atom is -0.381 e. The summed E-state index contributed by atoms with van der Waals surface area (Å²) < 4.78 is 11.3. The molecule has 0 spiro atoms. The summed E-state index contributed by atoms with van der Waals surface area (Å²) in [6, 6.07) is 0. The van der Waals surface area contributed by atoms with Gasteiger partial charge < -0.3 is 19.7 Å². The predicted molar refractivity (Wildman–Crippen MR) is 82.1 cm³/mol.